The summed E-state index contributed by atoms with van der Waals surface area (Å²) in [6.07, 6.45) is 1.75. The molecule has 0 radical (unpaired) electrons. The van der Waals surface area contributed by atoms with Gasteiger partial charge < -0.3 is 5.32 Å². The predicted molar refractivity (Wildman–Crippen MR) is 96.0 cm³/mol. The number of nitrogens with one attached hydrogen (secondary N) is 1. The van der Waals surface area contributed by atoms with Crippen molar-refractivity contribution in [1.29, 1.82) is 0 Å². The molecule has 0 bridgehead atoms. The van der Waals surface area contributed by atoms with Crippen molar-refractivity contribution in [1.82, 2.24) is 4.90 Å². The van der Waals surface area contributed by atoms with Crippen LogP contribution < -0.4 is 5.32 Å². The van der Waals surface area contributed by atoms with E-state index in [2.05, 4.69) is 25.2 Å². The Morgan fingerprint density at radius 2 is 1.96 bits per heavy atom. The van der Waals surface area contributed by atoms with Gasteiger partial charge in [-0.1, -0.05) is 13.8 Å². The van der Waals surface area contributed by atoms with Gasteiger partial charge in [-0.25, -0.2) is 0 Å². The van der Waals surface area contributed by atoms with Crippen molar-refractivity contribution in [2.45, 2.75) is 56.6 Å². The molecule has 1 aromatic rings. The number of benzene rings is 1. The normalized spacial score (nSPS) is 15.7. The van der Waals surface area contributed by atoms with Crippen molar-refractivity contribution in [2.24, 2.45) is 0 Å². The maximum atomic E-state index is 12.1. The predicted octanol–water partition coefficient (Wildman–Crippen LogP) is 3.36. The summed E-state index contributed by atoms with van der Waals surface area (Å²) in [6.45, 7) is 6.47. The van der Waals surface area contributed by atoms with Crippen LogP contribution >= 0.6 is 11.8 Å². The Hall–Kier alpha value is -1.82. The Morgan fingerprint density at radius 1 is 1.29 bits per heavy atom. The molecule has 1 atom stereocenters. The van der Waals surface area contributed by atoms with Crippen molar-refractivity contribution in [3.63, 3.8) is 0 Å². The van der Waals surface area contributed by atoms with Crippen LogP contribution in [0.15, 0.2) is 23.1 Å². The summed E-state index contributed by atoms with van der Waals surface area (Å²) in [7, 11) is 0. The minimum atomic E-state index is -0.187. The van der Waals surface area contributed by atoms with E-state index in [4.69, 9.17) is 0 Å². The molecular weight excluding hydrogens is 324 g/mol. The number of nitrogens with zero attached hydrogens (tertiary/aromatic N) is 1. The number of anilines is 1. The molecule has 1 fully saturated rings. The number of hydrogen-bond acceptors (Lipinski definition) is 4. The van der Waals surface area contributed by atoms with E-state index in [9.17, 15) is 14.4 Å². The Kier molecular flexibility index (Phi) is 6.43. The van der Waals surface area contributed by atoms with Gasteiger partial charge in [0.1, 0.15) is 0 Å². The van der Waals surface area contributed by atoms with Crippen LogP contribution in [0.4, 0.5) is 5.69 Å². The first-order valence-electron chi connectivity index (χ1n) is 8.31. The van der Waals surface area contributed by atoms with Gasteiger partial charge >= 0.3 is 0 Å². The molecule has 0 saturated carbocycles. The van der Waals surface area contributed by atoms with Gasteiger partial charge in [-0.2, -0.15) is 0 Å². The Labute approximate surface area is 147 Å². The first-order chi connectivity index (χ1) is 11.4. The fraction of sp³-hybridized carbons (Fsp3) is 0.500. The number of aryl methyl sites for hydroxylation is 1. The van der Waals surface area contributed by atoms with E-state index >= 15 is 0 Å². The molecule has 3 amide bonds. The molecule has 0 aliphatic carbocycles. The van der Waals surface area contributed by atoms with Gasteiger partial charge in [0.2, 0.25) is 17.7 Å². The Bertz CT molecular complexity index is 629. The molecule has 1 aliphatic rings. The highest BCUT2D eigenvalue weighted by Crippen LogP contribution is 2.28. The molecule has 1 aliphatic heterocycles. The summed E-state index contributed by atoms with van der Waals surface area (Å²) < 4.78 is 0. The van der Waals surface area contributed by atoms with Gasteiger partial charge in [0.15, 0.2) is 0 Å². The van der Waals surface area contributed by atoms with Crippen molar-refractivity contribution in [2.75, 3.05) is 11.9 Å². The molecule has 1 aromatic carbocycles. The van der Waals surface area contributed by atoms with Crippen LogP contribution in [0, 0.1) is 6.92 Å². The number of imide groups is 1. The third-order valence-electron chi connectivity index (χ3n) is 4.10. The SMILES string of the molecule is CC[C@@H](C)Sc1ccc(NC(=O)CCN2C(=O)CCC2=O)c(C)c1. The summed E-state index contributed by atoms with van der Waals surface area (Å²) in [6, 6.07) is 5.98. The van der Waals surface area contributed by atoms with Gasteiger partial charge in [-0.05, 0) is 37.1 Å². The van der Waals surface area contributed by atoms with Crippen LogP contribution in [0.5, 0.6) is 0 Å². The molecule has 1 N–H and O–H groups in total. The number of carbonyl (C=O) groups excluding carboxylic acids is 3. The van der Waals surface area contributed by atoms with E-state index in [0.29, 0.717) is 5.25 Å². The molecule has 1 heterocycles. The van der Waals surface area contributed by atoms with Crippen molar-refractivity contribution in [3.8, 4) is 0 Å². The summed E-state index contributed by atoms with van der Waals surface area (Å²) in [5.74, 6) is -0.557. The quantitative estimate of drug-likeness (QED) is 0.606. The maximum Gasteiger partial charge on any atom is 0.229 e. The average molecular weight is 348 g/mol. The first-order valence-corrected chi connectivity index (χ1v) is 9.19. The van der Waals surface area contributed by atoms with Gasteiger partial charge in [-0.3, -0.25) is 19.3 Å². The smallest absolute Gasteiger partial charge is 0.229 e. The highest BCUT2D eigenvalue weighted by Gasteiger charge is 2.28. The van der Waals surface area contributed by atoms with Crippen LogP contribution in [0.25, 0.3) is 0 Å². The third kappa shape index (κ3) is 4.84. The molecule has 24 heavy (non-hydrogen) atoms. The highest BCUT2D eigenvalue weighted by atomic mass is 32.2. The molecule has 0 spiro atoms. The number of amides is 3. The summed E-state index contributed by atoms with van der Waals surface area (Å²) in [4.78, 5) is 37.5. The monoisotopic (exact) mass is 348 g/mol. The molecule has 0 aromatic heterocycles. The molecular formula is C18H24N2O3S. The van der Waals surface area contributed by atoms with E-state index in [1.54, 1.807) is 0 Å². The lowest BCUT2D eigenvalue weighted by atomic mass is 10.2. The zero-order valence-electron chi connectivity index (χ0n) is 14.4. The van der Waals surface area contributed by atoms with Crippen LogP contribution in [0.1, 0.15) is 45.1 Å². The van der Waals surface area contributed by atoms with E-state index in [1.807, 2.05) is 30.8 Å². The standard InChI is InChI=1S/C18H24N2O3S/c1-4-13(3)24-14-5-6-15(12(2)11-14)19-16(21)9-10-20-17(22)7-8-18(20)23/h5-6,11,13H,4,7-10H2,1-3H3,(H,19,21)/t13-/m1/s1. The molecule has 0 unspecified atom stereocenters. The van der Waals surface area contributed by atoms with Crippen molar-refractivity contribution < 1.29 is 14.4 Å². The van der Waals surface area contributed by atoms with Gasteiger partial charge in [0.25, 0.3) is 0 Å². The van der Waals surface area contributed by atoms with E-state index in [0.717, 1.165) is 17.7 Å². The lowest BCUT2D eigenvalue weighted by Gasteiger charge is -2.15. The van der Waals surface area contributed by atoms with Gasteiger partial charge in [-0.15, -0.1) is 11.8 Å². The third-order valence-corrected chi connectivity index (χ3v) is 5.36. The number of rotatable bonds is 7. The lowest BCUT2D eigenvalue weighted by Crippen LogP contribution is -2.32. The zero-order valence-corrected chi connectivity index (χ0v) is 15.2. The topological polar surface area (TPSA) is 66.5 Å². The Morgan fingerprint density at radius 3 is 2.54 bits per heavy atom. The van der Waals surface area contributed by atoms with Crippen molar-refractivity contribution >= 4 is 35.2 Å². The second-order valence-electron chi connectivity index (χ2n) is 6.05. The first kappa shape index (κ1) is 18.5. The van der Waals surface area contributed by atoms with E-state index in [1.165, 1.54) is 9.80 Å². The van der Waals surface area contributed by atoms with E-state index < -0.39 is 0 Å². The second kappa shape index (κ2) is 8.33. The fourth-order valence-corrected chi connectivity index (χ4v) is 3.49. The summed E-state index contributed by atoms with van der Waals surface area (Å²) in [5.41, 5.74) is 1.78. The van der Waals surface area contributed by atoms with Gasteiger partial charge in [0.05, 0.1) is 0 Å². The van der Waals surface area contributed by atoms with Gasteiger partial charge in [0, 0.05) is 41.6 Å². The number of thioether (sulfide) groups is 1. The molecule has 6 heteroatoms. The highest BCUT2D eigenvalue weighted by molar-refractivity contribution is 7.99. The summed E-state index contributed by atoms with van der Waals surface area (Å²) >= 11 is 1.82. The fourth-order valence-electron chi connectivity index (χ4n) is 2.46. The molecule has 2 rings (SSSR count). The number of hydrogen-bond donors (Lipinski definition) is 1. The average Bonchev–Trinajstić information content (AvgIpc) is 2.86. The minimum absolute atomic E-state index is 0.125. The minimum Gasteiger partial charge on any atom is -0.326 e. The van der Waals surface area contributed by atoms with Crippen LogP contribution in [0.2, 0.25) is 0 Å². The van der Waals surface area contributed by atoms with Crippen LogP contribution in [-0.2, 0) is 14.4 Å². The molecule has 1 saturated heterocycles. The molecule has 130 valence electrons. The lowest BCUT2D eigenvalue weighted by molar-refractivity contribution is -0.138. The second-order valence-corrected chi connectivity index (χ2v) is 7.56. The zero-order chi connectivity index (χ0) is 17.7. The summed E-state index contributed by atoms with van der Waals surface area (Å²) in [5, 5.41) is 3.42. The van der Waals surface area contributed by atoms with Crippen LogP contribution in [0.3, 0.4) is 0 Å². The number of carbonyl (C=O) groups is 3. The van der Waals surface area contributed by atoms with Crippen molar-refractivity contribution in [3.05, 3.63) is 23.8 Å². The number of likely N-dealkylation sites (tertiary alicyclic amines) is 1. The molecule has 5 nitrogen and oxygen atoms in total. The maximum absolute atomic E-state index is 12.1. The van der Waals surface area contributed by atoms with Crippen LogP contribution in [-0.4, -0.2) is 34.4 Å². The van der Waals surface area contributed by atoms with E-state index in [-0.39, 0.29) is 43.5 Å². The Balaban J connectivity index is 1.89. The largest absolute Gasteiger partial charge is 0.326 e.